The van der Waals surface area contributed by atoms with Crippen molar-refractivity contribution in [2.24, 2.45) is 0 Å². The summed E-state index contributed by atoms with van der Waals surface area (Å²) >= 11 is 14.1. The predicted molar refractivity (Wildman–Crippen MR) is 99.3 cm³/mol. The molecule has 24 heavy (non-hydrogen) atoms. The Morgan fingerprint density at radius 1 is 0.833 bits per heavy atom. The van der Waals surface area contributed by atoms with Gasteiger partial charge in [-0.05, 0) is 0 Å². The molecule has 2 fully saturated rings. The zero-order chi connectivity index (χ0) is 17.4. The monoisotopic (exact) mass is 594 g/mol. The van der Waals surface area contributed by atoms with E-state index in [-0.39, 0.29) is 46.2 Å². The molecule has 10 heteroatoms. The zero-order valence-corrected chi connectivity index (χ0v) is 18.6. The molecule has 6 unspecified atom stereocenters. The number of hydrogen-bond acceptors (Lipinski definition) is 6. The fourth-order valence-electron chi connectivity index (χ4n) is 2.20. The first-order valence-corrected chi connectivity index (χ1v) is 10.9. The molecule has 6 atom stereocenters. The summed E-state index contributed by atoms with van der Waals surface area (Å²) in [6.45, 7) is 1.54. The summed E-state index contributed by atoms with van der Waals surface area (Å²) in [5, 5.41) is 0. The van der Waals surface area contributed by atoms with E-state index in [0.29, 0.717) is 13.2 Å². The zero-order valence-electron chi connectivity index (χ0n) is 12.3. The lowest BCUT2D eigenvalue weighted by atomic mass is 9.91. The molecule has 2 heterocycles. The number of esters is 2. The summed E-state index contributed by atoms with van der Waals surface area (Å²) in [6, 6.07) is 0. The first-order valence-electron chi connectivity index (χ1n) is 7.28. The number of alkyl halides is 4. The van der Waals surface area contributed by atoms with Gasteiger partial charge >= 0.3 is 11.9 Å². The van der Waals surface area contributed by atoms with Crippen LogP contribution in [-0.2, 0) is 28.5 Å². The molecule has 0 aromatic carbocycles. The minimum absolute atomic E-state index is 0.0437. The molecule has 0 spiro atoms. The second-order valence-corrected chi connectivity index (χ2v) is 9.72. The van der Waals surface area contributed by atoms with Gasteiger partial charge in [0.25, 0.3) is 0 Å². The molecule has 0 radical (unpaired) electrons. The van der Waals surface area contributed by atoms with Gasteiger partial charge in [-0.15, -0.1) is 0 Å². The van der Waals surface area contributed by atoms with Gasteiger partial charge in [-0.3, -0.25) is 0 Å². The molecule has 2 saturated heterocycles. The van der Waals surface area contributed by atoms with Gasteiger partial charge in [-0.25, -0.2) is 9.59 Å². The molecular weight excluding hydrogens is 584 g/mol. The number of carbonyl (C=O) groups excluding carboxylic acids is 2. The maximum atomic E-state index is 12.5. The molecule has 3 rings (SSSR count). The summed E-state index contributed by atoms with van der Waals surface area (Å²) in [5.74, 6) is -1.09. The van der Waals surface area contributed by atoms with Crippen molar-refractivity contribution in [3.63, 3.8) is 0 Å². The third-order valence-corrected chi connectivity index (χ3v) is 10.1. The number of halogens is 4. The topological polar surface area (TPSA) is 77.7 Å². The highest BCUT2D eigenvalue weighted by Crippen LogP contribution is 2.42. The van der Waals surface area contributed by atoms with E-state index >= 15 is 0 Å². The molecule has 2 aliphatic heterocycles. The van der Waals surface area contributed by atoms with Crippen LogP contribution >= 0.6 is 63.7 Å². The maximum absolute atomic E-state index is 12.5. The van der Waals surface area contributed by atoms with Gasteiger partial charge in [0.1, 0.15) is 25.4 Å². The molecule has 0 bridgehead atoms. The van der Waals surface area contributed by atoms with E-state index in [1.807, 2.05) is 0 Å². The normalized spacial score (nSPS) is 37.8. The van der Waals surface area contributed by atoms with Crippen LogP contribution in [0.5, 0.6) is 0 Å². The highest BCUT2D eigenvalue weighted by molar-refractivity contribution is 9.14. The van der Waals surface area contributed by atoms with E-state index in [9.17, 15) is 9.59 Å². The lowest BCUT2D eigenvalue weighted by molar-refractivity contribution is -0.143. The molecule has 1 aliphatic carbocycles. The SMILES string of the molecule is O=C(OCC1CO1)C1=C(C(=O)OCC2CO2)C(Br)C(Br)C(Br)C1Br. The summed E-state index contributed by atoms with van der Waals surface area (Å²) < 4.78 is 20.7. The van der Waals surface area contributed by atoms with Crippen LogP contribution in [-0.4, -0.2) is 69.9 Å². The standard InChI is InChI=1S/C14H14Br4O6/c15-9-7(13(19)23-3-5-1-21-5)8(10(16)12(18)11(9)17)14(20)24-4-6-2-22-6/h5-6,9-12H,1-4H2. The Labute approximate surface area is 172 Å². The highest BCUT2D eigenvalue weighted by atomic mass is 79.9. The lowest BCUT2D eigenvalue weighted by Gasteiger charge is -2.34. The van der Waals surface area contributed by atoms with Crippen LogP contribution in [0.4, 0.5) is 0 Å². The second kappa shape index (κ2) is 8.04. The van der Waals surface area contributed by atoms with E-state index < -0.39 is 21.6 Å². The van der Waals surface area contributed by atoms with Crippen molar-refractivity contribution >= 4 is 75.7 Å². The van der Waals surface area contributed by atoms with Gasteiger partial charge < -0.3 is 18.9 Å². The average Bonchev–Trinajstić information content (AvgIpc) is 3.45. The van der Waals surface area contributed by atoms with Crippen molar-refractivity contribution in [1.82, 2.24) is 0 Å². The van der Waals surface area contributed by atoms with E-state index in [1.54, 1.807) is 0 Å². The van der Waals surface area contributed by atoms with Gasteiger partial charge in [-0.2, -0.15) is 0 Å². The van der Waals surface area contributed by atoms with Crippen LogP contribution in [0.2, 0.25) is 0 Å². The lowest BCUT2D eigenvalue weighted by Crippen LogP contribution is -2.44. The molecule has 134 valence electrons. The van der Waals surface area contributed by atoms with Crippen LogP contribution in [0.3, 0.4) is 0 Å². The fourth-order valence-corrected chi connectivity index (χ4v) is 5.69. The van der Waals surface area contributed by atoms with Gasteiger partial charge in [0, 0.05) is 9.65 Å². The van der Waals surface area contributed by atoms with Crippen LogP contribution in [0.1, 0.15) is 0 Å². The largest absolute Gasteiger partial charge is 0.459 e. The Morgan fingerprint density at radius 2 is 1.17 bits per heavy atom. The van der Waals surface area contributed by atoms with Crippen molar-refractivity contribution in [1.29, 1.82) is 0 Å². The molecule has 6 nitrogen and oxygen atoms in total. The quantitative estimate of drug-likeness (QED) is 0.266. The van der Waals surface area contributed by atoms with Gasteiger partial charge in [0.15, 0.2) is 0 Å². The number of rotatable bonds is 6. The fraction of sp³-hybridized carbons (Fsp3) is 0.714. The predicted octanol–water partition coefficient (Wildman–Crippen LogP) is 2.23. The molecule has 3 aliphatic rings. The summed E-state index contributed by atoms with van der Waals surface area (Å²) in [5.41, 5.74) is 0.522. The second-order valence-electron chi connectivity index (χ2n) is 5.63. The van der Waals surface area contributed by atoms with E-state index in [1.165, 1.54) is 0 Å². The Balaban J connectivity index is 1.83. The highest BCUT2D eigenvalue weighted by Gasteiger charge is 2.46. The van der Waals surface area contributed by atoms with Crippen molar-refractivity contribution in [2.75, 3.05) is 26.4 Å². The van der Waals surface area contributed by atoms with Gasteiger partial charge in [0.05, 0.1) is 34.0 Å². The van der Waals surface area contributed by atoms with Crippen molar-refractivity contribution in [3.8, 4) is 0 Å². The van der Waals surface area contributed by atoms with Crippen LogP contribution in [0.15, 0.2) is 11.1 Å². The number of hydrogen-bond donors (Lipinski definition) is 0. The van der Waals surface area contributed by atoms with Gasteiger partial charge in [0.2, 0.25) is 0 Å². The summed E-state index contributed by atoms with van der Waals surface area (Å²) in [4.78, 5) is 24.1. The number of epoxide rings is 2. The van der Waals surface area contributed by atoms with Crippen molar-refractivity contribution < 1.29 is 28.5 Å². The van der Waals surface area contributed by atoms with Crippen LogP contribution in [0, 0.1) is 0 Å². The Kier molecular flexibility index (Phi) is 6.46. The molecule has 0 N–H and O–H groups in total. The first-order chi connectivity index (χ1) is 11.4. The first kappa shape index (κ1) is 19.3. The molecular formula is C14H14Br4O6. The minimum atomic E-state index is -0.546. The average molecular weight is 598 g/mol. The summed E-state index contributed by atoms with van der Waals surface area (Å²) in [7, 11) is 0. The van der Waals surface area contributed by atoms with Gasteiger partial charge in [-0.1, -0.05) is 63.7 Å². The Hall–Kier alpha value is 0.520. The Bertz CT molecular complexity index is 511. The van der Waals surface area contributed by atoms with Crippen LogP contribution in [0.25, 0.3) is 0 Å². The number of carbonyl (C=O) groups is 2. The van der Waals surface area contributed by atoms with Crippen LogP contribution < -0.4 is 0 Å². The minimum Gasteiger partial charge on any atom is -0.459 e. The smallest absolute Gasteiger partial charge is 0.335 e. The third-order valence-electron chi connectivity index (χ3n) is 3.75. The maximum Gasteiger partial charge on any atom is 0.335 e. The van der Waals surface area contributed by atoms with E-state index in [0.717, 1.165) is 0 Å². The molecule has 0 aromatic heterocycles. The van der Waals surface area contributed by atoms with Crippen molar-refractivity contribution in [2.45, 2.75) is 31.5 Å². The molecule has 0 amide bonds. The van der Waals surface area contributed by atoms with Crippen molar-refractivity contribution in [3.05, 3.63) is 11.1 Å². The molecule has 0 aromatic rings. The number of ether oxygens (including phenoxy) is 4. The van der Waals surface area contributed by atoms with E-state index in [4.69, 9.17) is 18.9 Å². The molecule has 0 saturated carbocycles. The summed E-state index contributed by atoms with van der Waals surface area (Å²) in [6.07, 6.45) is -0.0874. The third kappa shape index (κ3) is 4.43. The Morgan fingerprint density at radius 3 is 1.46 bits per heavy atom. The van der Waals surface area contributed by atoms with E-state index in [2.05, 4.69) is 63.7 Å².